The summed E-state index contributed by atoms with van der Waals surface area (Å²) in [6, 6.07) is 0.733. The SMILES string of the molecule is COC(C)C(NC(=O)CC1CC(F)(F)C1)c1cnn2cc(C(N)C3CCC(F)(F)CC3)nc2c1. The molecule has 3 N–H and O–H groups in total. The molecule has 1 amide bonds. The van der Waals surface area contributed by atoms with Gasteiger partial charge in [-0.1, -0.05) is 0 Å². The molecule has 2 aliphatic rings. The number of amides is 1. The molecule has 0 radical (unpaired) electrons. The molecular weight excluding hydrogens is 454 g/mol. The van der Waals surface area contributed by atoms with Gasteiger partial charge in [0.15, 0.2) is 5.65 Å². The number of fused-ring (bicyclic) bond motifs is 1. The van der Waals surface area contributed by atoms with Crippen molar-refractivity contribution in [3.8, 4) is 0 Å². The smallest absolute Gasteiger partial charge is 0.248 e. The van der Waals surface area contributed by atoms with Crippen LogP contribution >= 0.6 is 0 Å². The molecule has 11 heteroatoms. The quantitative estimate of drug-likeness (QED) is 0.547. The van der Waals surface area contributed by atoms with E-state index >= 15 is 0 Å². The first kappa shape index (κ1) is 24.8. The summed E-state index contributed by atoms with van der Waals surface area (Å²) in [6.45, 7) is 1.79. The van der Waals surface area contributed by atoms with E-state index in [9.17, 15) is 22.4 Å². The van der Waals surface area contributed by atoms with Gasteiger partial charge in [0.1, 0.15) is 0 Å². The first-order valence-corrected chi connectivity index (χ1v) is 11.6. The first-order chi connectivity index (χ1) is 16.0. The number of aromatic nitrogens is 3. The summed E-state index contributed by atoms with van der Waals surface area (Å²) in [7, 11) is 1.52. The average Bonchev–Trinajstić information content (AvgIpc) is 3.18. The van der Waals surface area contributed by atoms with Gasteiger partial charge in [-0.3, -0.25) is 4.79 Å². The van der Waals surface area contributed by atoms with Crippen LogP contribution in [0.4, 0.5) is 17.6 Å². The van der Waals surface area contributed by atoms with Gasteiger partial charge in [-0.25, -0.2) is 27.1 Å². The van der Waals surface area contributed by atoms with Crippen molar-refractivity contribution in [1.29, 1.82) is 0 Å². The number of carbonyl (C=O) groups excluding carboxylic acids is 1. The van der Waals surface area contributed by atoms with Crippen molar-refractivity contribution < 1.29 is 27.1 Å². The fourth-order valence-electron chi connectivity index (χ4n) is 4.94. The number of nitrogens with one attached hydrogen (secondary N) is 1. The molecule has 7 nitrogen and oxygen atoms in total. The summed E-state index contributed by atoms with van der Waals surface area (Å²) in [5.74, 6) is -6.03. The third-order valence-corrected chi connectivity index (χ3v) is 7.14. The lowest BCUT2D eigenvalue weighted by Gasteiger charge is -2.35. The molecular formula is C23H31F4N5O2. The van der Waals surface area contributed by atoms with E-state index in [0.29, 0.717) is 29.7 Å². The van der Waals surface area contributed by atoms with Crippen LogP contribution in [0.5, 0.6) is 0 Å². The van der Waals surface area contributed by atoms with Crippen LogP contribution in [-0.2, 0) is 9.53 Å². The lowest BCUT2D eigenvalue weighted by molar-refractivity contribution is -0.135. The molecule has 0 aliphatic heterocycles. The number of methoxy groups -OCH3 is 1. The van der Waals surface area contributed by atoms with Crippen LogP contribution in [0.2, 0.25) is 0 Å². The van der Waals surface area contributed by atoms with Crippen LogP contribution in [0.15, 0.2) is 18.5 Å². The summed E-state index contributed by atoms with van der Waals surface area (Å²) in [4.78, 5) is 17.1. The maximum Gasteiger partial charge on any atom is 0.248 e. The van der Waals surface area contributed by atoms with Crippen LogP contribution in [0.1, 0.15) is 75.2 Å². The van der Waals surface area contributed by atoms with Crippen LogP contribution in [0.3, 0.4) is 0 Å². The van der Waals surface area contributed by atoms with E-state index in [4.69, 9.17) is 10.5 Å². The van der Waals surface area contributed by atoms with Crippen molar-refractivity contribution >= 4 is 11.6 Å². The number of rotatable bonds is 8. The Bertz CT molecular complexity index is 1010. The number of halogens is 4. The minimum absolute atomic E-state index is 0.0288. The lowest BCUT2D eigenvalue weighted by atomic mass is 9.79. The second-order valence-electron chi connectivity index (χ2n) is 9.80. The number of hydrogen-bond donors (Lipinski definition) is 2. The third kappa shape index (κ3) is 5.51. The molecule has 4 rings (SSSR count). The molecule has 3 atom stereocenters. The average molecular weight is 486 g/mol. The molecule has 34 heavy (non-hydrogen) atoms. The number of alkyl halides is 4. The molecule has 2 aliphatic carbocycles. The minimum atomic E-state index is -2.67. The van der Waals surface area contributed by atoms with Gasteiger partial charge in [0.25, 0.3) is 0 Å². The third-order valence-electron chi connectivity index (χ3n) is 7.14. The molecule has 2 fully saturated rings. The molecule has 0 bridgehead atoms. The highest BCUT2D eigenvalue weighted by Gasteiger charge is 2.46. The van der Waals surface area contributed by atoms with Gasteiger partial charge in [-0.2, -0.15) is 5.10 Å². The minimum Gasteiger partial charge on any atom is -0.379 e. The molecule has 188 valence electrons. The van der Waals surface area contributed by atoms with Crippen molar-refractivity contribution in [2.24, 2.45) is 17.6 Å². The van der Waals surface area contributed by atoms with Crippen LogP contribution < -0.4 is 11.1 Å². The Morgan fingerprint density at radius 2 is 1.94 bits per heavy atom. The van der Waals surface area contributed by atoms with Crippen LogP contribution in [0.25, 0.3) is 5.65 Å². The highest BCUT2D eigenvalue weighted by molar-refractivity contribution is 5.77. The Morgan fingerprint density at radius 1 is 1.26 bits per heavy atom. The zero-order valence-electron chi connectivity index (χ0n) is 19.3. The largest absolute Gasteiger partial charge is 0.379 e. The normalized spacial score (nSPS) is 23.3. The van der Waals surface area contributed by atoms with Gasteiger partial charge in [0.05, 0.1) is 36.3 Å². The van der Waals surface area contributed by atoms with Gasteiger partial charge >= 0.3 is 0 Å². The fraction of sp³-hybridized carbons (Fsp3) is 0.696. The number of nitrogens with zero attached hydrogens (tertiary/aromatic N) is 3. The number of imidazole rings is 1. The molecule has 0 aromatic carbocycles. The van der Waals surface area contributed by atoms with Gasteiger partial charge in [0.2, 0.25) is 17.8 Å². The Balaban J connectivity index is 1.47. The molecule has 0 saturated heterocycles. The summed E-state index contributed by atoms with van der Waals surface area (Å²) in [5, 5.41) is 7.26. The number of hydrogen-bond acceptors (Lipinski definition) is 5. The van der Waals surface area contributed by atoms with Crippen molar-refractivity contribution in [3.63, 3.8) is 0 Å². The Kier molecular flexibility index (Phi) is 6.87. The Labute approximate surface area is 195 Å². The van der Waals surface area contributed by atoms with E-state index in [1.54, 1.807) is 29.9 Å². The molecule has 3 unspecified atom stereocenters. The van der Waals surface area contributed by atoms with E-state index in [-0.39, 0.29) is 49.8 Å². The van der Waals surface area contributed by atoms with Crippen molar-refractivity contribution in [1.82, 2.24) is 19.9 Å². The van der Waals surface area contributed by atoms with Gasteiger partial charge < -0.3 is 15.8 Å². The van der Waals surface area contributed by atoms with Gasteiger partial charge in [0, 0.05) is 44.8 Å². The maximum absolute atomic E-state index is 13.5. The zero-order valence-corrected chi connectivity index (χ0v) is 19.3. The fourth-order valence-corrected chi connectivity index (χ4v) is 4.94. The van der Waals surface area contributed by atoms with E-state index in [2.05, 4.69) is 15.4 Å². The molecule has 0 spiro atoms. The molecule has 2 heterocycles. The standard InChI is InChI=1S/C23H31F4N5O2/c1-13(34-2)21(31-19(33)7-14-9-23(26,27)10-14)16-8-18-30-17(12-32(18)29-11-16)20(28)15-3-5-22(24,25)6-4-15/h8,11-15,20-21H,3-7,9-10,28H2,1-2H3,(H,31,33). The number of carbonyl (C=O) groups is 1. The monoisotopic (exact) mass is 485 g/mol. The van der Waals surface area contributed by atoms with Crippen molar-refractivity contribution in [2.45, 2.75) is 81.9 Å². The second kappa shape index (κ2) is 9.41. The van der Waals surface area contributed by atoms with Crippen LogP contribution in [-0.4, -0.2) is 45.6 Å². The van der Waals surface area contributed by atoms with E-state index in [1.165, 1.54) is 7.11 Å². The Hall–Kier alpha value is -2.27. The van der Waals surface area contributed by atoms with Gasteiger partial charge in [-0.15, -0.1) is 0 Å². The zero-order chi connectivity index (χ0) is 24.7. The maximum atomic E-state index is 13.5. The molecule has 2 aromatic rings. The first-order valence-electron chi connectivity index (χ1n) is 11.6. The number of ether oxygens (including phenoxy) is 1. The number of nitrogens with two attached hydrogens (primary N) is 1. The highest BCUT2D eigenvalue weighted by Crippen LogP contribution is 2.44. The lowest BCUT2D eigenvalue weighted by Crippen LogP contribution is -2.41. The van der Waals surface area contributed by atoms with E-state index in [1.807, 2.05) is 0 Å². The van der Waals surface area contributed by atoms with E-state index < -0.39 is 30.0 Å². The summed E-state index contributed by atoms with van der Waals surface area (Å²) in [6.07, 6.45) is 2.70. The van der Waals surface area contributed by atoms with Gasteiger partial charge in [-0.05, 0) is 37.7 Å². The Morgan fingerprint density at radius 3 is 2.56 bits per heavy atom. The summed E-state index contributed by atoms with van der Waals surface area (Å²) in [5.41, 5.74) is 8.09. The topological polar surface area (TPSA) is 94.5 Å². The summed E-state index contributed by atoms with van der Waals surface area (Å²) >= 11 is 0. The van der Waals surface area contributed by atoms with Crippen LogP contribution in [0, 0.1) is 11.8 Å². The van der Waals surface area contributed by atoms with Crippen molar-refractivity contribution in [2.75, 3.05) is 7.11 Å². The predicted molar refractivity (Wildman–Crippen MR) is 116 cm³/mol. The predicted octanol–water partition coefficient (Wildman–Crippen LogP) is 4.18. The molecule has 2 aromatic heterocycles. The van der Waals surface area contributed by atoms with Crippen molar-refractivity contribution in [3.05, 3.63) is 29.7 Å². The van der Waals surface area contributed by atoms with E-state index in [0.717, 1.165) is 0 Å². The highest BCUT2D eigenvalue weighted by atomic mass is 19.3. The summed E-state index contributed by atoms with van der Waals surface area (Å²) < 4.78 is 60.2. The molecule has 2 saturated carbocycles. The second-order valence-corrected chi connectivity index (χ2v) is 9.80.